The molecule has 2 aromatic heterocycles. The van der Waals surface area contributed by atoms with E-state index in [9.17, 15) is 4.79 Å². The number of aryl methyl sites for hydroxylation is 2. The summed E-state index contributed by atoms with van der Waals surface area (Å²) in [5.41, 5.74) is 2.48. The SMILES string of the molecule is Cc1ccc2cc(C(=O)c3ccc(C)o3)ccc2n1. The quantitative estimate of drug-likeness (QED) is 0.652. The standard InChI is InChI=1S/C16H13NO2/c1-10-3-5-12-9-13(6-7-14(12)17-10)16(18)15-8-4-11(2)19-15/h3-9H,1-2H3. The molecule has 0 N–H and O–H groups in total. The maximum Gasteiger partial charge on any atom is 0.228 e. The van der Waals surface area contributed by atoms with Gasteiger partial charge in [-0.15, -0.1) is 0 Å². The van der Waals surface area contributed by atoms with E-state index in [2.05, 4.69) is 4.98 Å². The van der Waals surface area contributed by atoms with Crippen molar-refractivity contribution in [2.24, 2.45) is 0 Å². The van der Waals surface area contributed by atoms with Crippen molar-refractivity contribution in [3.63, 3.8) is 0 Å². The maximum absolute atomic E-state index is 12.3. The lowest BCUT2D eigenvalue weighted by molar-refractivity contribution is 0.101. The number of nitrogens with zero attached hydrogens (tertiary/aromatic N) is 1. The molecule has 3 rings (SSSR count). The van der Waals surface area contributed by atoms with Crippen molar-refractivity contribution in [2.75, 3.05) is 0 Å². The fourth-order valence-electron chi connectivity index (χ4n) is 2.07. The zero-order valence-corrected chi connectivity index (χ0v) is 10.8. The molecule has 0 aliphatic carbocycles. The smallest absolute Gasteiger partial charge is 0.228 e. The van der Waals surface area contributed by atoms with E-state index < -0.39 is 0 Å². The summed E-state index contributed by atoms with van der Waals surface area (Å²) in [5, 5.41) is 0.958. The predicted molar refractivity (Wildman–Crippen MR) is 73.4 cm³/mol. The summed E-state index contributed by atoms with van der Waals surface area (Å²) in [6, 6.07) is 12.9. The van der Waals surface area contributed by atoms with Crippen molar-refractivity contribution in [3.05, 3.63) is 65.2 Å². The summed E-state index contributed by atoms with van der Waals surface area (Å²) < 4.78 is 5.37. The van der Waals surface area contributed by atoms with Crippen LogP contribution in [0.25, 0.3) is 10.9 Å². The van der Waals surface area contributed by atoms with Gasteiger partial charge >= 0.3 is 0 Å². The molecule has 94 valence electrons. The van der Waals surface area contributed by atoms with Crippen LogP contribution in [0.1, 0.15) is 27.6 Å². The van der Waals surface area contributed by atoms with E-state index >= 15 is 0 Å². The van der Waals surface area contributed by atoms with Gasteiger partial charge in [-0.05, 0) is 50.2 Å². The zero-order valence-electron chi connectivity index (χ0n) is 10.8. The Morgan fingerprint density at radius 3 is 2.63 bits per heavy atom. The Hall–Kier alpha value is -2.42. The van der Waals surface area contributed by atoms with Gasteiger partial charge in [-0.1, -0.05) is 6.07 Å². The van der Waals surface area contributed by atoms with E-state index in [0.717, 1.165) is 22.4 Å². The zero-order chi connectivity index (χ0) is 13.4. The molecule has 0 spiro atoms. The van der Waals surface area contributed by atoms with Crippen molar-refractivity contribution < 1.29 is 9.21 Å². The fourth-order valence-corrected chi connectivity index (χ4v) is 2.07. The van der Waals surface area contributed by atoms with Gasteiger partial charge in [0.05, 0.1) is 5.52 Å². The summed E-state index contributed by atoms with van der Waals surface area (Å²) in [5.74, 6) is 1.01. The average molecular weight is 251 g/mol. The number of fused-ring (bicyclic) bond motifs is 1. The van der Waals surface area contributed by atoms with Crippen LogP contribution in [0.5, 0.6) is 0 Å². The van der Waals surface area contributed by atoms with Crippen LogP contribution in [0.3, 0.4) is 0 Å². The number of benzene rings is 1. The van der Waals surface area contributed by atoms with Gasteiger partial charge in [0.25, 0.3) is 0 Å². The molecule has 2 heterocycles. The molecule has 0 radical (unpaired) electrons. The molecule has 3 aromatic rings. The number of hydrogen-bond acceptors (Lipinski definition) is 3. The molecule has 3 heteroatoms. The van der Waals surface area contributed by atoms with Gasteiger partial charge in [0.15, 0.2) is 5.76 Å². The van der Waals surface area contributed by atoms with Gasteiger partial charge in [-0.25, -0.2) is 0 Å². The molecule has 0 amide bonds. The first-order chi connectivity index (χ1) is 9.13. The van der Waals surface area contributed by atoms with Crippen LogP contribution in [0.2, 0.25) is 0 Å². The number of carbonyl (C=O) groups excluding carboxylic acids is 1. The van der Waals surface area contributed by atoms with Crippen LogP contribution in [-0.4, -0.2) is 10.8 Å². The van der Waals surface area contributed by atoms with Crippen molar-refractivity contribution >= 4 is 16.7 Å². The van der Waals surface area contributed by atoms with E-state index in [1.165, 1.54) is 0 Å². The fraction of sp³-hybridized carbons (Fsp3) is 0.125. The predicted octanol–water partition coefficient (Wildman–Crippen LogP) is 3.68. The first kappa shape index (κ1) is 11.7. The number of pyridine rings is 1. The third-order valence-electron chi connectivity index (χ3n) is 3.05. The summed E-state index contributed by atoms with van der Waals surface area (Å²) in [7, 11) is 0. The molecule has 19 heavy (non-hydrogen) atoms. The lowest BCUT2D eigenvalue weighted by Crippen LogP contribution is -1.99. The molecule has 0 saturated heterocycles. The number of aromatic nitrogens is 1. The van der Waals surface area contributed by atoms with E-state index in [1.54, 1.807) is 18.2 Å². The van der Waals surface area contributed by atoms with Gasteiger partial charge in [0.1, 0.15) is 5.76 Å². The first-order valence-electron chi connectivity index (χ1n) is 6.12. The minimum absolute atomic E-state index is 0.101. The van der Waals surface area contributed by atoms with Crippen molar-refractivity contribution in [1.82, 2.24) is 4.98 Å². The third kappa shape index (κ3) is 2.15. The number of ketones is 1. The second-order valence-electron chi connectivity index (χ2n) is 4.60. The largest absolute Gasteiger partial charge is 0.458 e. The summed E-state index contributed by atoms with van der Waals surface area (Å²) >= 11 is 0. The van der Waals surface area contributed by atoms with E-state index in [4.69, 9.17) is 4.42 Å². The summed E-state index contributed by atoms with van der Waals surface area (Å²) in [6.07, 6.45) is 0. The van der Waals surface area contributed by atoms with Crippen LogP contribution >= 0.6 is 0 Å². The Bertz CT molecular complexity index is 771. The second-order valence-corrected chi connectivity index (χ2v) is 4.60. The normalized spacial score (nSPS) is 10.8. The molecule has 0 unspecified atom stereocenters. The summed E-state index contributed by atoms with van der Waals surface area (Å²) in [6.45, 7) is 3.77. The van der Waals surface area contributed by atoms with Gasteiger partial charge < -0.3 is 4.42 Å². The van der Waals surface area contributed by atoms with Crippen LogP contribution in [0.4, 0.5) is 0 Å². The third-order valence-corrected chi connectivity index (χ3v) is 3.05. The Morgan fingerprint density at radius 1 is 1.05 bits per heavy atom. The van der Waals surface area contributed by atoms with Crippen LogP contribution in [0.15, 0.2) is 46.9 Å². The van der Waals surface area contributed by atoms with E-state index in [1.807, 2.05) is 38.1 Å². The number of carbonyl (C=O) groups is 1. The van der Waals surface area contributed by atoms with Gasteiger partial charge in [-0.3, -0.25) is 9.78 Å². The minimum Gasteiger partial charge on any atom is -0.458 e. The topological polar surface area (TPSA) is 43.1 Å². The lowest BCUT2D eigenvalue weighted by Gasteiger charge is -2.02. The van der Waals surface area contributed by atoms with Crippen molar-refractivity contribution in [3.8, 4) is 0 Å². The highest BCUT2D eigenvalue weighted by molar-refractivity contribution is 6.08. The van der Waals surface area contributed by atoms with Gasteiger partial charge in [-0.2, -0.15) is 0 Å². The number of furan rings is 1. The molecule has 0 atom stereocenters. The molecule has 0 fully saturated rings. The number of hydrogen-bond donors (Lipinski definition) is 0. The highest BCUT2D eigenvalue weighted by Gasteiger charge is 2.13. The van der Waals surface area contributed by atoms with E-state index in [0.29, 0.717) is 11.3 Å². The Balaban J connectivity index is 2.06. The molecule has 0 bridgehead atoms. The Kier molecular flexibility index (Phi) is 2.67. The highest BCUT2D eigenvalue weighted by atomic mass is 16.3. The first-order valence-corrected chi connectivity index (χ1v) is 6.12. The second kappa shape index (κ2) is 4.35. The van der Waals surface area contributed by atoms with E-state index in [-0.39, 0.29) is 5.78 Å². The van der Waals surface area contributed by atoms with Gasteiger partial charge in [0, 0.05) is 16.6 Å². The highest BCUT2D eigenvalue weighted by Crippen LogP contribution is 2.18. The molecule has 3 nitrogen and oxygen atoms in total. The monoisotopic (exact) mass is 251 g/mol. The molecular weight excluding hydrogens is 238 g/mol. The van der Waals surface area contributed by atoms with Gasteiger partial charge in [0.2, 0.25) is 5.78 Å². The molecule has 1 aromatic carbocycles. The molecule has 0 aliphatic heterocycles. The van der Waals surface area contributed by atoms with Crippen LogP contribution in [-0.2, 0) is 0 Å². The molecular formula is C16H13NO2. The maximum atomic E-state index is 12.3. The Labute approximate surface area is 110 Å². The van der Waals surface area contributed by atoms with Crippen LogP contribution in [0, 0.1) is 13.8 Å². The summed E-state index contributed by atoms with van der Waals surface area (Å²) in [4.78, 5) is 16.7. The van der Waals surface area contributed by atoms with Crippen LogP contribution < -0.4 is 0 Å². The van der Waals surface area contributed by atoms with Crippen molar-refractivity contribution in [1.29, 1.82) is 0 Å². The minimum atomic E-state index is -0.101. The molecule has 0 aliphatic rings. The average Bonchev–Trinajstić information content (AvgIpc) is 2.84. The lowest BCUT2D eigenvalue weighted by atomic mass is 10.1. The Morgan fingerprint density at radius 2 is 1.89 bits per heavy atom. The van der Waals surface area contributed by atoms with Crippen molar-refractivity contribution in [2.45, 2.75) is 13.8 Å². The number of rotatable bonds is 2. The molecule has 0 saturated carbocycles.